The number of aryl methyl sites for hydroxylation is 1. The van der Waals surface area contributed by atoms with Gasteiger partial charge in [-0.15, -0.1) is 0 Å². The third-order valence-corrected chi connectivity index (χ3v) is 4.76. The first-order chi connectivity index (χ1) is 9.61. The molecule has 0 spiro atoms. The molecule has 2 rings (SSSR count). The molecule has 1 atom stereocenters. The monoisotopic (exact) mass is 275 g/mol. The molecule has 1 aliphatic rings. The van der Waals surface area contributed by atoms with E-state index in [0.717, 1.165) is 12.3 Å². The van der Waals surface area contributed by atoms with Crippen LogP contribution in [0.2, 0.25) is 0 Å². The number of benzene rings is 1. The van der Waals surface area contributed by atoms with Crippen molar-refractivity contribution in [1.29, 1.82) is 0 Å². The summed E-state index contributed by atoms with van der Waals surface area (Å²) in [5.74, 6) is 1.01. The van der Waals surface area contributed by atoms with Gasteiger partial charge in [-0.25, -0.2) is 0 Å². The maximum Gasteiger partial charge on any atom is 0.119 e. The lowest BCUT2D eigenvalue weighted by atomic mass is 9.65. The van der Waals surface area contributed by atoms with E-state index >= 15 is 0 Å². The lowest BCUT2D eigenvalue weighted by molar-refractivity contribution is 0.263. The zero-order valence-corrected chi connectivity index (χ0v) is 13.5. The Morgan fingerprint density at radius 2 is 2.05 bits per heavy atom. The number of methoxy groups -OCH3 is 1. The minimum atomic E-state index is 0.362. The Kier molecular flexibility index (Phi) is 5.09. The van der Waals surface area contributed by atoms with Gasteiger partial charge in [-0.1, -0.05) is 19.4 Å². The molecular weight excluding hydrogens is 246 g/mol. The molecule has 1 unspecified atom stereocenters. The van der Waals surface area contributed by atoms with Gasteiger partial charge >= 0.3 is 0 Å². The Bertz CT molecular complexity index is 441. The predicted octanol–water partition coefficient (Wildman–Crippen LogP) is 4.02. The van der Waals surface area contributed by atoms with Crippen molar-refractivity contribution in [2.75, 3.05) is 27.7 Å². The first kappa shape index (κ1) is 15.4. The summed E-state index contributed by atoms with van der Waals surface area (Å²) in [5.41, 5.74) is 3.47. The number of rotatable bonds is 6. The maximum absolute atomic E-state index is 5.47. The topological polar surface area (TPSA) is 12.5 Å². The van der Waals surface area contributed by atoms with Gasteiger partial charge in [-0.05, 0) is 81.4 Å². The van der Waals surface area contributed by atoms with Crippen molar-refractivity contribution in [2.24, 2.45) is 0 Å². The van der Waals surface area contributed by atoms with Crippen LogP contribution in [0.15, 0.2) is 18.2 Å². The first-order valence-electron chi connectivity index (χ1n) is 7.93. The van der Waals surface area contributed by atoms with Gasteiger partial charge in [0, 0.05) is 0 Å². The summed E-state index contributed by atoms with van der Waals surface area (Å²) in [6, 6.07) is 6.71. The van der Waals surface area contributed by atoms with Crippen molar-refractivity contribution in [3.8, 4) is 5.75 Å². The molecule has 0 fully saturated rings. The van der Waals surface area contributed by atoms with E-state index in [4.69, 9.17) is 4.74 Å². The van der Waals surface area contributed by atoms with E-state index in [0.29, 0.717) is 5.41 Å². The Hall–Kier alpha value is -1.02. The van der Waals surface area contributed by atoms with Gasteiger partial charge in [0.25, 0.3) is 0 Å². The predicted molar refractivity (Wildman–Crippen MR) is 85.7 cm³/mol. The van der Waals surface area contributed by atoms with E-state index < -0.39 is 0 Å². The van der Waals surface area contributed by atoms with Crippen molar-refractivity contribution in [2.45, 2.75) is 50.9 Å². The summed E-state index contributed by atoms with van der Waals surface area (Å²) in [4.78, 5) is 2.31. The van der Waals surface area contributed by atoms with Gasteiger partial charge in [-0.2, -0.15) is 0 Å². The van der Waals surface area contributed by atoms with Gasteiger partial charge < -0.3 is 9.64 Å². The van der Waals surface area contributed by atoms with Crippen LogP contribution in [0.3, 0.4) is 0 Å². The van der Waals surface area contributed by atoms with Crippen LogP contribution in [0.1, 0.15) is 50.2 Å². The zero-order valence-electron chi connectivity index (χ0n) is 13.5. The molecule has 112 valence electrons. The standard InChI is InChI=1S/C18H29NO/c1-5-10-18(12-13-19(2)3)11-6-7-15-8-9-16(20-4)14-17(15)18/h8-9,14H,5-7,10-13H2,1-4H3. The van der Waals surface area contributed by atoms with Crippen LogP contribution >= 0.6 is 0 Å². The quantitative estimate of drug-likeness (QED) is 0.777. The fourth-order valence-corrected chi connectivity index (χ4v) is 3.71. The fraction of sp³-hybridized carbons (Fsp3) is 0.667. The molecule has 0 saturated carbocycles. The van der Waals surface area contributed by atoms with Crippen LogP contribution in [0, 0.1) is 0 Å². The molecule has 0 N–H and O–H groups in total. The summed E-state index contributed by atoms with van der Waals surface area (Å²) < 4.78 is 5.47. The molecule has 0 bridgehead atoms. The molecule has 0 aliphatic heterocycles. The molecule has 0 saturated heterocycles. The minimum absolute atomic E-state index is 0.362. The van der Waals surface area contributed by atoms with Gasteiger partial charge in [0.2, 0.25) is 0 Å². The molecule has 0 aromatic heterocycles. The summed E-state index contributed by atoms with van der Waals surface area (Å²) in [6.07, 6.45) is 7.69. The molecular formula is C18H29NO. The number of ether oxygens (including phenoxy) is 1. The second-order valence-corrected chi connectivity index (χ2v) is 6.46. The molecule has 0 radical (unpaired) electrons. The highest BCUT2D eigenvalue weighted by Gasteiger charge is 2.35. The van der Waals surface area contributed by atoms with Crippen LogP contribution < -0.4 is 4.74 Å². The van der Waals surface area contributed by atoms with Crippen molar-refractivity contribution in [3.63, 3.8) is 0 Å². The largest absolute Gasteiger partial charge is 0.497 e. The molecule has 1 aromatic rings. The maximum atomic E-state index is 5.47. The second kappa shape index (κ2) is 6.62. The lowest BCUT2D eigenvalue weighted by Crippen LogP contribution is -2.34. The minimum Gasteiger partial charge on any atom is -0.497 e. The van der Waals surface area contributed by atoms with Crippen molar-refractivity contribution in [1.82, 2.24) is 4.90 Å². The van der Waals surface area contributed by atoms with Crippen molar-refractivity contribution in [3.05, 3.63) is 29.3 Å². The molecule has 20 heavy (non-hydrogen) atoms. The molecule has 1 aromatic carbocycles. The van der Waals surface area contributed by atoms with E-state index in [1.807, 2.05) is 0 Å². The van der Waals surface area contributed by atoms with E-state index in [1.165, 1.54) is 38.5 Å². The highest BCUT2D eigenvalue weighted by Crippen LogP contribution is 2.44. The average Bonchev–Trinajstić information content (AvgIpc) is 2.45. The molecule has 0 heterocycles. The summed E-state index contributed by atoms with van der Waals surface area (Å²) in [6.45, 7) is 3.47. The third kappa shape index (κ3) is 3.17. The number of fused-ring (bicyclic) bond motifs is 1. The van der Waals surface area contributed by atoms with Crippen LogP contribution in [0.5, 0.6) is 5.75 Å². The number of hydrogen-bond acceptors (Lipinski definition) is 2. The van der Waals surface area contributed by atoms with Crippen molar-refractivity contribution >= 4 is 0 Å². The Morgan fingerprint density at radius 1 is 1.25 bits per heavy atom. The van der Waals surface area contributed by atoms with Crippen LogP contribution in [0.4, 0.5) is 0 Å². The first-order valence-corrected chi connectivity index (χ1v) is 7.93. The molecule has 2 nitrogen and oxygen atoms in total. The van der Waals surface area contributed by atoms with E-state index in [-0.39, 0.29) is 0 Å². The van der Waals surface area contributed by atoms with E-state index in [9.17, 15) is 0 Å². The average molecular weight is 275 g/mol. The Labute approximate surface area is 124 Å². The molecule has 2 heteroatoms. The van der Waals surface area contributed by atoms with Crippen LogP contribution in [0.25, 0.3) is 0 Å². The Balaban J connectivity index is 2.37. The Morgan fingerprint density at radius 3 is 2.70 bits per heavy atom. The second-order valence-electron chi connectivity index (χ2n) is 6.46. The summed E-state index contributed by atoms with van der Waals surface area (Å²) in [5, 5.41) is 0. The third-order valence-electron chi connectivity index (χ3n) is 4.76. The SMILES string of the molecule is CCCC1(CCN(C)C)CCCc2ccc(OC)cc21. The highest BCUT2D eigenvalue weighted by molar-refractivity contribution is 5.42. The number of nitrogens with zero attached hydrogens (tertiary/aromatic N) is 1. The molecule has 0 amide bonds. The lowest BCUT2D eigenvalue weighted by Gasteiger charge is -2.40. The van der Waals surface area contributed by atoms with Crippen molar-refractivity contribution < 1.29 is 4.74 Å². The zero-order chi connectivity index (χ0) is 14.6. The molecule has 1 aliphatic carbocycles. The van der Waals surface area contributed by atoms with Gasteiger partial charge in [0.15, 0.2) is 0 Å². The van der Waals surface area contributed by atoms with Gasteiger partial charge in [0.05, 0.1) is 7.11 Å². The summed E-state index contributed by atoms with van der Waals surface area (Å²) in [7, 11) is 6.12. The van der Waals surface area contributed by atoms with Gasteiger partial charge in [-0.3, -0.25) is 0 Å². The highest BCUT2D eigenvalue weighted by atomic mass is 16.5. The fourth-order valence-electron chi connectivity index (χ4n) is 3.71. The normalized spacial score (nSPS) is 21.9. The smallest absolute Gasteiger partial charge is 0.119 e. The number of hydrogen-bond donors (Lipinski definition) is 0. The summed E-state index contributed by atoms with van der Waals surface area (Å²) >= 11 is 0. The van der Waals surface area contributed by atoms with Crippen LogP contribution in [-0.4, -0.2) is 32.6 Å². The van der Waals surface area contributed by atoms with Gasteiger partial charge in [0.1, 0.15) is 5.75 Å². The van der Waals surface area contributed by atoms with E-state index in [1.54, 1.807) is 18.2 Å². The van der Waals surface area contributed by atoms with E-state index in [2.05, 4.69) is 44.1 Å². The van der Waals surface area contributed by atoms with Crippen LogP contribution in [-0.2, 0) is 11.8 Å².